The standard InChI is InChI=1S/C10H15N3O/c1-2-8-6-9(13-12-8)5-7-3-4-11-10(7)14/h6-7H,2-5H2,1H3,(H,11,14)(H,12,13). The van der Waals surface area contributed by atoms with Crippen LogP contribution in [0.1, 0.15) is 24.7 Å². The molecule has 14 heavy (non-hydrogen) atoms. The smallest absolute Gasteiger partial charge is 0.223 e. The second kappa shape index (κ2) is 3.82. The summed E-state index contributed by atoms with van der Waals surface area (Å²) >= 11 is 0. The van der Waals surface area contributed by atoms with Crippen molar-refractivity contribution < 1.29 is 4.79 Å². The molecule has 0 radical (unpaired) electrons. The van der Waals surface area contributed by atoms with Crippen LogP contribution in [0.3, 0.4) is 0 Å². The predicted molar refractivity (Wildman–Crippen MR) is 52.8 cm³/mol. The maximum Gasteiger partial charge on any atom is 0.223 e. The molecule has 0 bridgehead atoms. The maximum absolute atomic E-state index is 11.3. The second-order valence-corrected chi connectivity index (χ2v) is 3.72. The number of aromatic nitrogens is 2. The zero-order chi connectivity index (χ0) is 9.97. The van der Waals surface area contributed by atoms with Gasteiger partial charge in [0.05, 0.1) is 5.69 Å². The Morgan fingerprint density at radius 3 is 3.07 bits per heavy atom. The van der Waals surface area contributed by atoms with Crippen LogP contribution >= 0.6 is 0 Å². The first kappa shape index (κ1) is 9.24. The number of hydrogen-bond acceptors (Lipinski definition) is 2. The van der Waals surface area contributed by atoms with Gasteiger partial charge in [-0.15, -0.1) is 0 Å². The van der Waals surface area contributed by atoms with E-state index in [4.69, 9.17) is 0 Å². The van der Waals surface area contributed by atoms with Crippen LogP contribution in [0.2, 0.25) is 0 Å². The molecule has 0 saturated carbocycles. The first-order valence-corrected chi connectivity index (χ1v) is 5.10. The van der Waals surface area contributed by atoms with Gasteiger partial charge in [-0.2, -0.15) is 5.10 Å². The van der Waals surface area contributed by atoms with E-state index < -0.39 is 0 Å². The Hall–Kier alpha value is -1.32. The number of aryl methyl sites for hydroxylation is 1. The average Bonchev–Trinajstić information content (AvgIpc) is 2.77. The minimum Gasteiger partial charge on any atom is -0.356 e. The van der Waals surface area contributed by atoms with Gasteiger partial charge in [0.15, 0.2) is 0 Å². The Balaban J connectivity index is 1.99. The van der Waals surface area contributed by atoms with Crippen LogP contribution in [-0.4, -0.2) is 22.6 Å². The van der Waals surface area contributed by atoms with E-state index in [1.165, 1.54) is 0 Å². The molecule has 1 atom stereocenters. The third kappa shape index (κ3) is 1.78. The average molecular weight is 193 g/mol. The lowest BCUT2D eigenvalue weighted by Crippen LogP contribution is -2.20. The summed E-state index contributed by atoms with van der Waals surface area (Å²) in [6, 6.07) is 2.05. The third-order valence-electron chi connectivity index (χ3n) is 2.68. The zero-order valence-electron chi connectivity index (χ0n) is 8.34. The van der Waals surface area contributed by atoms with Crippen molar-refractivity contribution in [2.45, 2.75) is 26.2 Å². The van der Waals surface area contributed by atoms with E-state index in [2.05, 4.69) is 22.4 Å². The van der Waals surface area contributed by atoms with E-state index in [9.17, 15) is 4.79 Å². The number of H-pyrrole nitrogens is 1. The van der Waals surface area contributed by atoms with Crippen LogP contribution in [0.5, 0.6) is 0 Å². The fraction of sp³-hybridized carbons (Fsp3) is 0.600. The number of hydrogen-bond donors (Lipinski definition) is 2. The number of carbonyl (C=O) groups excluding carboxylic acids is 1. The molecule has 1 aliphatic rings. The summed E-state index contributed by atoms with van der Waals surface area (Å²) in [5, 5.41) is 9.96. The van der Waals surface area contributed by atoms with Crippen molar-refractivity contribution in [3.63, 3.8) is 0 Å². The van der Waals surface area contributed by atoms with Gasteiger partial charge in [0.1, 0.15) is 0 Å². The van der Waals surface area contributed by atoms with Crippen LogP contribution in [0, 0.1) is 5.92 Å². The van der Waals surface area contributed by atoms with Gasteiger partial charge in [-0.25, -0.2) is 0 Å². The lowest BCUT2D eigenvalue weighted by Gasteiger charge is -2.02. The molecule has 1 amide bonds. The van der Waals surface area contributed by atoms with Gasteiger partial charge < -0.3 is 5.32 Å². The zero-order valence-corrected chi connectivity index (χ0v) is 8.34. The summed E-state index contributed by atoms with van der Waals surface area (Å²) in [5.41, 5.74) is 2.14. The number of rotatable bonds is 3. The Bertz CT molecular complexity index is 332. The van der Waals surface area contributed by atoms with E-state index in [1.807, 2.05) is 6.07 Å². The minimum atomic E-state index is 0.139. The van der Waals surface area contributed by atoms with E-state index in [0.29, 0.717) is 0 Å². The van der Waals surface area contributed by atoms with Gasteiger partial charge in [-0.3, -0.25) is 9.89 Å². The van der Waals surface area contributed by atoms with Crippen LogP contribution in [0.25, 0.3) is 0 Å². The molecule has 2 rings (SSSR count). The highest BCUT2D eigenvalue weighted by molar-refractivity contribution is 5.80. The molecular formula is C10H15N3O. The van der Waals surface area contributed by atoms with Gasteiger partial charge in [-0.1, -0.05) is 6.92 Å². The highest BCUT2D eigenvalue weighted by Gasteiger charge is 2.24. The van der Waals surface area contributed by atoms with Crippen LogP contribution in [-0.2, 0) is 17.6 Å². The summed E-state index contributed by atoms with van der Waals surface area (Å²) in [6.07, 6.45) is 2.67. The molecule has 76 valence electrons. The molecule has 4 heteroatoms. The molecule has 2 heterocycles. The fourth-order valence-corrected chi connectivity index (χ4v) is 1.80. The Morgan fingerprint density at radius 1 is 1.64 bits per heavy atom. The number of nitrogens with zero attached hydrogens (tertiary/aromatic N) is 1. The number of nitrogens with one attached hydrogen (secondary N) is 2. The van der Waals surface area contributed by atoms with Crippen LogP contribution < -0.4 is 5.32 Å². The fourth-order valence-electron chi connectivity index (χ4n) is 1.80. The molecule has 4 nitrogen and oxygen atoms in total. The van der Waals surface area contributed by atoms with E-state index in [-0.39, 0.29) is 11.8 Å². The quantitative estimate of drug-likeness (QED) is 0.740. The first-order chi connectivity index (χ1) is 6.79. The number of aromatic amines is 1. The van der Waals surface area contributed by atoms with Crippen molar-refractivity contribution >= 4 is 5.91 Å². The molecule has 0 aliphatic carbocycles. The van der Waals surface area contributed by atoms with Crippen LogP contribution in [0.4, 0.5) is 0 Å². The maximum atomic E-state index is 11.3. The Morgan fingerprint density at radius 2 is 2.50 bits per heavy atom. The van der Waals surface area contributed by atoms with Crippen LogP contribution in [0.15, 0.2) is 6.07 Å². The summed E-state index contributed by atoms with van der Waals surface area (Å²) < 4.78 is 0. The lowest BCUT2D eigenvalue weighted by atomic mass is 10.0. The van der Waals surface area contributed by atoms with Gasteiger partial charge in [-0.05, 0) is 18.9 Å². The lowest BCUT2D eigenvalue weighted by molar-refractivity contribution is -0.122. The Kier molecular flexibility index (Phi) is 2.52. The summed E-state index contributed by atoms with van der Waals surface area (Å²) in [5.74, 6) is 0.317. The summed E-state index contributed by atoms with van der Waals surface area (Å²) in [6.45, 7) is 2.89. The number of amides is 1. The minimum absolute atomic E-state index is 0.139. The molecule has 2 N–H and O–H groups in total. The SMILES string of the molecule is CCc1cc(CC2CCNC2=O)[nH]n1. The number of carbonyl (C=O) groups is 1. The predicted octanol–water partition coefficient (Wildman–Crippen LogP) is 0.651. The van der Waals surface area contributed by atoms with E-state index in [0.717, 1.165) is 37.2 Å². The van der Waals surface area contributed by atoms with E-state index >= 15 is 0 Å². The van der Waals surface area contributed by atoms with Gasteiger partial charge >= 0.3 is 0 Å². The third-order valence-corrected chi connectivity index (χ3v) is 2.68. The van der Waals surface area contributed by atoms with Crippen molar-refractivity contribution in [3.8, 4) is 0 Å². The molecule has 1 fully saturated rings. The molecule has 1 aliphatic heterocycles. The van der Waals surface area contributed by atoms with Gasteiger partial charge in [0.2, 0.25) is 5.91 Å². The van der Waals surface area contributed by atoms with Gasteiger partial charge in [0.25, 0.3) is 0 Å². The van der Waals surface area contributed by atoms with Crippen molar-refractivity contribution in [1.29, 1.82) is 0 Å². The van der Waals surface area contributed by atoms with Crippen molar-refractivity contribution in [2.24, 2.45) is 5.92 Å². The van der Waals surface area contributed by atoms with Crippen molar-refractivity contribution in [2.75, 3.05) is 6.54 Å². The Labute approximate surface area is 83.1 Å². The molecule has 1 saturated heterocycles. The molecule has 0 aromatic carbocycles. The summed E-state index contributed by atoms with van der Waals surface area (Å²) in [4.78, 5) is 11.3. The highest BCUT2D eigenvalue weighted by atomic mass is 16.2. The molecule has 1 aromatic rings. The van der Waals surface area contributed by atoms with Crippen molar-refractivity contribution in [1.82, 2.24) is 15.5 Å². The highest BCUT2D eigenvalue weighted by Crippen LogP contribution is 2.15. The monoisotopic (exact) mass is 193 g/mol. The summed E-state index contributed by atoms with van der Waals surface area (Å²) in [7, 11) is 0. The van der Waals surface area contributed by atoms with Gasteiger partial charge in [0, 0.05) is 24.6 Å². The molecular weight excluding hydrogens is 178 g/mol. The molecule has 1 aromatic heterocycles. The normalized spacial score (nSPS) is 21.2. The second-order valence-electron chi connectivity index (χ2n) is 3.72. The molecule has 0 spiro atoms. The van der Waals surface area contributed by atoms with E-state index in [1.54, 1.807) is 0 Å². The largest absolute Gasteiger partial charge is 0.356 e. The first-order valence-electron chi connectivity index (χ1n) is 5.10. The molecule has 1 unspecified atom stereocenters. The van der Waals surface area contributed by atoms with Crippen molar-refractivity contribution in [3.05, 3.63) is 17.5 Å². The topological polar surface area (TPSA) is 57.8 Å².